The van der Waals surface area contributed by atoms with Crippen LogP contribution in [0, 0.1) is 5.95 Å². The van der Waals surface area contributed by atoms with Gasteiger partial charge in [-0.1, -0.05) is 11.8 Å². The molecule has 0 fully saturated rings. The Kier molecular flexibility index (Phi) is 3.33. The summed E-state index contributed by atoms with van der Waals surface area (Å²) in [5.74, 6) is -0.475. The van der Waals surface area contributed by atoms with Crippen molar-refractivity contribution in [3.63, 3.8) is 0 Å². The highest BCUT2D eigenvalue weighted by Crippen LogP contribution is 2.26. The molecule has 76 valence electrons. The zero-order chi connectivity index (χ0) is 10.7. The van der Waals surface area contributed by atoms with E-state index in [1.54, 1.807) is 12.3 Å². The van der Waals surface area contributed by atoms with Crippen LogP contribution in [-0.2, 0) is 0 Å². The van der Waals surface area contributed by atoms with Crippen molar-refractivity contribution in [1.29, 1.82) is 0 Å². The van der Waals surface area contributed by atoms with Gasteiger partial charge < -0.3 is 0 Å². The van der Waals surface area contributed by atoms with Crippen LogP contribution in [0.4, 0.5) is 4.39 Å². The predicted octanol–water partition coefficient (Wildman–Crippen LogP) is 3.53. The quantitative estimate of drug-likeness (QED) is 0.789. The fourth-order valence-corrected chi connectivity index (χ4v) is 1.99. The summed E-state index contributed by atoms with van der Waals surface area (Å²) < 4.78 is 13.7. The Balaban J connectivity index is 2.18. The number of hydrogen-bond acceptors (Lipinski definition) is 3. The van der Waals surface area contributed by atoms with Gasteiger partial charge in [-0.15, -0.1) is 0 Å². The van der Waals surface area contributed by atoms with E-state index < -0.39 is 5.95 Å². The third-order valence-corrected chi connectivity index (χ3v) is 3.03. The van der Waals surface area contributed by atoms with E-state index in [2.05, 4.69) is 25.9 Å². The summed E-state index contributed by atoms with van der Waals surface area (Å²) in [6.07, 6.45) is 3.15. The summed E-state index contributed by atoms with van der Waals surface area (Å²) in [5.41, 5.74) is 0. The number of rotatable bonds is 2. The molecule has 0 N–H and O–H groups in total. The van der Waals surface area contributed by atoms with E-state index in [4.69, 9.17) is 0 Å². The van der Waals surface area contributed by atoms with Crippen molar-refractivity contribution in [2.45, 2.75) is 9.92 Å². The fourth-order valence-electron chi connectivity index (χ4n) is 0.992. The van der Waals surface area contributed by atoms with Gasteiger partial charge in [0, 0.05) is 27.8 Å². The molecule has 15 heavy (non-hydrogen) atoms. The van der Waals surface area contributed by atoms with Crippen LogP contribution in [0.3, 0.4) is 0 Å². The first-order valence-electron chi connectivity index (χ1n) is 4.15. The van der Waals surface area contributed by atoms with Gasteiger partial charge in [0.2, 0.25) is 5.95 Å². The largest absolute Gasteiger partial charge is 0.248 e. The molecule has 0 aromatic carbocycles. The normalized spacial score (nSPS) is 10.3. The molecule has 0 unspecified atom stereocenters. The molecular formula is C10H6BrFN2S. The summed E-state index contributed by atoms with van der Waals surface area (Å²) in [5, 5.41) is 0.823. The Morgan fingerprint density at radius 2 is 2.07 bits per heavy atom. The molecule has 2 aromatic rings. The summed E-state index contributed by atoms with van der Waals surface area (Å²) in [6, 6.07) is 6.89. The van der Waals surface area contributed by atoms with Crippen LogP contribution < -0.4 is 0 Å². The molecule has 0 spiro atoms. The molecule has 0 atom stereocenters. The Bertz CT molecular complexity index is 461. The lowest BCUT2D eigenvalue weighted by molar-refractivity contribution is 0.579. The summed E-state index contributed by atoms with van der Waals surface area (Å²) in [4.78, 5) is 8.45. The van der Waals surface area contributed by atoms with Gasteiger partial charge in [0.1, 0.15) is 5.03 Å². The number of nitrogens with zero attached hydrogens (tertiary/aromatic N) is 2. The zero-order valence-corrected chi connectivity index (χ0v) is 9.93. The number of aromatic nitrogens is 2. The number of hydrogen-bond donors (Lipinski definition) is 0. The second-order valence-electron chi connectivity index (χ2n) is 2.73. The minimum absolute atomic E-state index is 0.475. The first kappa shape index (κ1) is 10.6. The maximum Gasteiger partial charge on any atom is 0.213 e. The average Bonchev–Trinajstić information content (AvgIpc) is 2.22. The summed E-state index contributed by atoms with van der Waals surface area (Å²) >= 11 is 4.70. The van der Waals surface area contributed by atoms with Crippen LogP contribution >= 0.6 is 27.7 Å². The van der Waals surface area contributed by atoms with Gasteiger partial charge in [-0.2, -0.15) is 4.39 Å². The molecule has 5 heteroatoms. The Morgan fingerprint density at radius 1 is 1.20 bits per heavy atom. The first-order valence-corrected chi connectivity index (χ1v) is 5.76. The lowest BCUT2D eigenvalue weighted by atomic mass is 10.5. The van der Waals surface area contributed by atoms with Crippen molar-refractivity contribution in [2.75, 3.05) is 0 Å². The van der Waals surface area contributed by atoms with Gasteiger partial charge in [-0.05, 0) is 34.1 Å². The monoisotopic (exact) mass is 284 g/mol. The molecular weight excluding hydrogens is 279 g/mol. The third kappa shape index (κ3) is 3.00. The Hall–Kier alpha value is -0.940. The van der Waals surface area contributed by atoms with Crippen molar-refractivity contribution in [2.24, 2.45) is 0 Å². The number of halogens is 2. The molecule has 0 aliphatic carbocycles. The van der Waals surface area contributed by atoms with Gasteiger partial charge in [0.15, 0.2) is 0 Å². The maximum absolute atomic E-state index is 12.8. The van der Waals surface area contributed by atoms with Crippen LogP contribution in [0.15, 0.2) is 51.1 Å². The van der Waals surface area contributed by atoms with Crippen molar-refractivity contribution in [3.8, 4) is 0 Å². The van der Waals surface area contributed by atoms with E-state index in [-0.39, 0.29) is 0 Å². The van der Waals surface area contributed by atoms with E-state index >= 15 is 0 Å². The molecule has 0 aliphatic heterocycles. The SMILES string of the molecule is Fc1cc(Sc2ccc(Br)cn2)ccn1. The molecule has 0 bridgehead atoms. The van der Waals surface area contributed by atoms with Crippen molar-refractivity contribution in [1.82, 2.24) is 9.97 Å². The van der Waals surface area contributed by atoms with E-state index in [9.17, 15) is 4.39 Å². The highest BCUT2D eigenvalue weighted by Gasteiger charge is 2.00. The highest BCUT2D eigenvalue weighted by molar-refractivity contribution is 9.10. The Labute approximate surface area is 99.1 Å². The standard InChI is InChI=1S/C10H6BrFN2S/c11-7-1-2-10(14-6-7)15-8-3-4-13-9(12)5-8/h1-6H. The van der Waals surface area contributed by atoms with Gasteiger partial charge >= 0.3 is 0 Å². The topological polar surface area (TPSA) is 25.8 Å². The van der Waals surface area contributed by atoms with Gasteiger partial charge in [-0.3, -0.25) is 0 Å². The molecule has 0 radical (unpaired) electrons. The Morgan fingerprint density at radius 3 is 2.73 bits per heavy atom. The smallest absolute Gasteiger partial charge is 0.213 e. The van der Waals surface area contributed by atoms with E-state index in [1.807, 2.05) is 12.1 Å². The highest BCUT2D eigenvalue weighted by atomic mass is 79.9. The molecule has 0 saturated carbocycles. The fraction of sp³-hybridized carbons (Fsp3) is 0. The second-order valence-corrected chi connectivity index (χ2v) is 4.74. The minimum Gasteiger partial charge on any atom is -0.248 e. The van der Waals surface area contributed by atoms with Gasteiger partial charge in [0.25, 0.3) is 0 Å². The lowest BCUT2D eigenvalue weighted by Crippen LogP contribution is -1.83. The van der Waals surface area contributed by atoms with Crippen LogP contribution in [0.1, 0.15) is 0 Å². The maximum atomic E-state index is 12.8. The summed E-state index contributed by atoms with van der Waals surface area (Å²) in [6.45, 7) is 0. The molecule has 0 aliphatic rings. The molecule has 0 saturated heterocycles. The number of pyridine rings is 2. The van der Waals surface area contributed by atoms with Crippen molar-refractivity contribution < 1.29 is 4.39 Å². The van der Waals surface area contributed by atoms with Crippen LogP contribution in [-0.4, -0.2) is 9.97 Å². The van der Waals surface area contributed by atoms with Crippen LogP contribution in [0.2, 0.25) is 0 Å². The lowest BCUT2D eigenvalue weighted by Gasteiger charge is -2.00. The predicted molar refractivity (Wildman–Crippen MR) is 60.3 cm³/mol. The minimum atomic E-state index is -0.475. The van der Waals surface area contributed by atoms with Crippen LogP contribution in [0.25, 0.3) is 0 Å². The molecule has 2 aromatic heterocycles. The van der Waals surface area contributed by atoms with E-state index in [0.29, 0.717) is 0 Å². The first-order chi connectivity index (χ1) is 7.24. The zero-order valence-electron chi connectivity index (χ0n) is 7.52. The van der Waals surface area contributed by atoms with E-state index in [1.165, 1.54) is 24.0 Å². The third-order valence-electron chi connectivity index (χ3n) is 1.62. The summed E-state index contributed by atoms with van der Waals surface area (Å²) in [7, 11) is 0. The molecule has 2 rings (SSSR count). The van der Waals surface area contributed by atoms with Gasteiger partial charge in [-0.25, -0.2) is 9.97 Å². The molecule has 0 amide bonds. The van der Waals surface area contributed by atoms with E-state index in [0.717, 1.165) is 14.4 Å². The van der Waals surface area contributed by atoms with Crippen LogP contribution in [0.5, 0.6) is 0 Å². The van der Waals surface area contributed by atoms with Crippen molar-refractivity contribution in [3.05, 3.63) is 47.1 Å². The average molecular weight is 285 g/mol. The molecule has 2 nitrogen and oxygen atoms in total. The van der Waals surface area contributed by atoms with Gasteiger partial charge in [0.05, 0.1) is 0 Å². The van der Waals surface area contributed by atoms with Crippen molar-refractivity contribution >= 4 is 27.7 Å². The second kappa shape index (κ2) is 4.72. The molecule has 2 heterocycles.